The summed E-state index contributed by atoms with van der Waals surface area (Å²) < 4.78 is 24.8. The van der Waals surface area contributed by atoms with Gasteiger partial charge < -0.3 is 0 Å². The summed E-state index contributed by atoms with van der Waals surface area (Å²) in [6, 6.07) is 7.93. The molecule has 0 saturated heterocycles. The summed E-state index contributed by atoms with van der Waals surface area (Å²) in [6.07, 6.45) is 6.52. The van der Waals surface area contributed by atoms with E-state index >= 15 is 0 Å². The van der Waals surface area contributed by atoms with Crippen molar-refractivity contribution in [3.63, 3.8) is 0 Å². The van der Waals surface area contributed by atoms with Crippen LogP contribution in [0.4, 0.5) is 0 Å². The number of rotatable bonds is 4. The van der Waals surface area contributed by atoms with Crippen LogP contribution < -0.4 is 0 Å². The van der Waals surface area contributed by atoms with Gasteiger partial charge in [-0.05, 0) is 24.3 Å². The van der Waals surface area contributed by atoms with Gasteiger partial charge >= 0.3 is 0 Å². The van der Waals surface area contributed by atoms with Crippen LogP contribution in [-0.2, 0) is 19.4 Å². The first-order chi connectivity index (χ1) is 10.0. The highest BCUT2D eigenvalue weighted by atomic mass is 32.2. The van der Waals surface area contributed by atoms with Crippen molar-refractivity contribution < 1.29 is 18.0 Å². The number of hydrogen-bond donors (Lipinski definition) is 0. The van der Waals surface area contributed by atoms with Crippen LogP contribution in [0.25, 0.3) is 0 Å². The van der Waals surface area contributed by atoms with E-state index < -0.39 is 15.5 Å². The lowest BCUT2D eigenvalue weighted by atomic mass is 10.0. The summed E-state index contributed by atoms with van der Waals surface area (Å²) in [5.41, 5.74) is -1.45. The second-order valence-electron chi connectivity index (χ2n) is 4.25. The molecule has 0 spiro atoms. The van der Waals surface area contributed by atoms with Gasteiger partial charge in [0.1, 0.15) is 0 Å². The normalized spacial score (nSPS) is 20.9. The number of aliphatic imine (C=N–C) groups is 2. The maximum absolute atomic E-state index is 12.4. The third-order valence-electron chi connectivity index (χ3n) is 2.96. The smallest absolute Gasteiger partial charge is 0.219 e. The van der Waals surface area contributed by atoms with Crippen LogP contribution in [0, 0.1) is 0 Å². The van der Waals surface area contributed by atoms with Crippen LogP contribution in [0.2, 0.25) is 0 Å². The number of sulfone groups is 1. The van der Waals surface area contributed by atoms with Crippen molar-refractivity contribution in [3.8, 4) is 0 Å². The van der Waals surface area contributed by atoms with Crippen molar-refractivity contribution in [2.75, 3.05) is 0 Å². The van der Waals surface area contributed by atoms with Gasteiger partial charge in [-0.2, -0.15) is 9.98 Å². The molecule has 106 valence electrons. The number of allylic oxidation sites excluding steroid dienone is 1. The average molecular weight is 302 g/mol. The molecule has 0 saturated carbocycles. The second kappa shape index (κ2) is 5.81. The van der Waals surface area contributed by atoms with Crippen LogP contribution in [0.1, 0.15) is 6.42 Å². The van der Waals surface area contributed by atoms with Gasteiger partial charge in [0.05, 0.1) is 9.80 Å². The molecular formula is C14H10N2O4S. The SMILES string of the molecule is O=C=NC1(N=C=O)C=CC(S(=O)(=O)c2ccccc2)=CC1. The first-order valence-electron chi connectivity index (χ1n) is 5.92. The fourth-order valence-electron chi connectivity index (χ4n) is 1.89. The summed E-state index contributed by atoms with van der Waals surface area (Å²) in [5, 5.41) is 0. The van der Waals surface area contributed by atoms with E-state index in [4.69, 9.17) is 0 Å². The number of isocyanates is 2. The Bertz CT molecular complexity index is 779. The highest BCUT2D eigenvalue weighted by Gasteiger charge is 2.30. The number of nitrogens with zero attached hydrogens (tertiary/aromatic N) is 2. The van der Waals surface area contributed by atoms with Gasteiger partial charge in [0.15, 0.2) is 5.66 Å². The standard InChI is InChI=1S/C14H10N2O4S/c17-10-15-14(16-11-18)8-6-13(7-9-14)21(19,20)12-4-2-1-3-5-12/h1-8H,9H2. The largest absolute Gasteiger partial charge is 0.237 e. The monoisotopic (exact) mass is 302 g/mol. The molecular weight excluding hydrogens is 292 g/mol. The van der Waals surface area contributed by atoms with E-state index in [1.54, 1.807) is 18.2 Å². The van der Waals surface area contributed by atoms with Crippen molar-refractivity contribution in [1.29, 1.82) is 0 Å². The zero-order valence-corrected chi connectivity index (χ0v) is 11.6. The Morgan fingerprint density at radius 1 is 1.05 bits per heavy atom. The molecule has 0 fully saturated rings. The zero-order valence-electron chi connectivity index (χ0n) is 10.8. The maximum Gasteiger partial charge on any atom is 0.237 e. The summed E-state index contributed by atoms with van der Waals surface area (Å²) in [7, 11) is -3.65. The van der Waals surface area contributed by atoms with Gasteiger partial charge in [0.25, 0.3) is 0 Å². The molecule has 0 unspecified atom stereocenters. The number of benzene rings is 1. The van der Waals surface area contributed by atoms with E-state index in [-0.39, 0.29) is 16.2 Å². The third-order valence-corrected chi connectivity index (χ3v) is 4.78. The maximum atomic E-state index is 12.4. The molecule has 2 rings (SSSR count). The summed E-state index contributed by atoms with van der Waals surface area (Å²) in [5.74, 6) is 0. The van der Waals surface area contributed by atoms with E-state index in [1.807, 2.05) is 0 Å². The Kier molecular flexibility index (Phi) is 4.10. The Balaban J connectivity index is 2.39. The van der Waals surface area contributed by atoms with Crippen molar-refractivity contribution in [2.45, 2.75) is 17.0 Å². The predicted molar refractivity (Wildman–Crippen MR) is 74.4 cm³/mol. The van der Waals surface area contributed by atoms with Gasteiger partial charge in [0.2, 0.25) is 22.0 Å². The molecule has 0 aliphatic heterocycles. The van der Waals surface area contributed by atoms with Gasteiger partial charge in [0, 0.05) is 6.42 Å². The topological polar surface area (TPSA) is 93.0 Å². The molecule has 1 aliphatic carbocycles. The fourth-order valence-corrected chi connectivity index (χ4v) is 3.22. The van der Waals surface area contributed by atoms with Crippen molar-refractivity contribution in [3.05, 3.63) is 53.5 Å². The first kappa shape index (κ1) is 14.8. The molecule has 0 atom stereocenters. The molecule has 0 radical (unpaired) electrons. The van der Waals surface area contributed by atoms with Gasteiger partial charge in [-0.25, -0.2) is 18.0 Å². The first-order valence-corrected chi connectivity index (χ1v) is 7.40. The predicted octanol–water partition coefficient (Wildman–Crippen LogP) is 1.67. The third kappa shape index (κ3) is 2.95. The summed E-state index contributed by atoms with van der Waals surface area (Å²) in [4.78, 5) is 27.9. The lowest BCUT2D eigenvalue weighted by molar-refractivity contribution is 0.513. The second-order valence-corrected chi connectivity index (χ2v) is 6.19. The van der Waals surface area contributed by atoms with E-state index in [1.165, 1.54) is 42.5 Å². The summed E-state index contributed by atoms with van der Waals surface area (Å²) in [6.45, 7) is 0. The quantitative estimate of drug-likeness (QED) is 0.624. The Morgan fingerprint density at radius 2 is 1.67 bits per heavy atom. The van der Waals surface area contributed by atoms with Gasteiger partial charge in [-0.3, -0.25) is 0 Å². The fraction of sp³-hybridized carbons (Fsp3) is 0.143. The number of carbonyl (C=O) groups excluding carboxylic acids is 2. The minimum absolute atomic E-state index is 0.0324. The Labute approximate surface area is 121 Å². The van der Waals surface area contributed by atoms with Crippen LogP contribution in [-0.4, -0.2) is 26.2 Å². The zero-order chi connectivity index (χ0) is 15.3. The van der Waals surface area contributed by atoms with Crippen LogP contribution in [0.15, 0.2) is 68.3 Å². The van der Waals surface area contributed by atoms with E-state index in [0.29, 0.717) is 0 Å². The van der Waals surface area contributed by atoms with Crippen molar-refractivity contribution in [2.24, 2.45) is 9.98 Å². The van der Waals surface area contributed by atoms with Crippen LogP contribution >= 0.6 is 0 Å². The Morgan fingerprint density at radius 3 is 2.14 bits per heavy atom. The van der Waals surface area contributed by atoms with Crippen molar-refractivity contribution in [1.82, 2.24) is 0 Å². The van der Waals surface area contributed by atoms with E-state index in [9.17, 15) is 18.0 Å². The average Bonchev–Trinajstić information content (AvgIpc) is 2.49. The van der Waals surface area contributed by atoms with Crippen LogP contribution in [0.3, 0.4) is 0 Å². The molecule has 1 aromatic rings. The highest BCUT2D eigenvalue weighted by Crippen LogP contribution is 2.30. The van der Waals surface area contributed by atoms with Crippen LogP contribution in [0.5, 0.6) is 0 Å². The molecule has 1 aromatic carbocycles. The molecule has 6 nitrogen and oxygen atoms in total. The lowest BCUT2D eigenvalue weighted by Gasteiger charge is -2.20. The summed E-state index contributed by atoms with van der Waals surface area (Å²) >= 11 is 0. The van der Waals surface area contributed by atoms with E-state index in [2.05, 4.69) is 9.98 Å². The minimum Gasteiger partial charge on any atom is -0.219 e. The van der Waals surface area contributed by atoms with Crippen molar-refractivity contribution >= 4 is 22.0 Å². The highest BCUT2D eigenvalue weighted by molar-refractivity contribution is 7.95. The molecule has 7 heteroatoms. The number of hydrogen-bond acceptors (Lipinski definition) is 6. The molecule has 0 amide bonds. The van der Waals surface area contributed by atoms with Gasteiger partial charge in [-0.15, -0.1) is 0 Å². The molecule has 0 heterocycles. The molecule has 21 heavy (non-hydrogen) atoms. The molecule has 1 aliphatic rings. The lowest BCUT2D eigenvalue weighted by Crippen LogP contribution is -2.23. The molecule has 0 N–H and O–H groups in total. The minimum atomic E-state index is -3.65. The van der Waals surface area contributed by atoms with Gasteiger partial charge in [-0.1, -0.05) is 24.3 Å². The Hall–Kier alpha value is -2.59. The molecule has 0 aromatic heterocycles. The van der Waals surface area contributed by atoms with E-state index in [0.717, 1.165) is 0 Å². The molecule has 0 bridgehead atoms.